The van der Waals surface area contributed by atoms with Crippen molar-refractivity contribution in [1.29, 1.82) is 5.26 Å². The van der Waals surface area contributed by atoms with Crippen LogP contribution in [0.3, 0.4) is 0 Å². The molecule has 7 nitrogen and oxygen atoms in total. The van der Waals surface area contributed by atoms with Gasteiger partial charge in [0.05, 0.1) is 30.8 Å². The molecule has 0 saturated carbocycles. The van der Waals surface area contributed by atoms with Gasteiger partial charge in [-0.2, -0.15) is 10.4 Å². The molecule has 0 saturated heterocycles. The Labute approximate surface area is 169 Å². The van der Waals surface area contributed by atoms with Crippen LogP contribution in [-0.4, -0.2) is 27.3 Å². The Morgan fingerprint density at radius 3 is 2.93 bits per heavy atom. The third kappa shape index (κ3) is 4.11. The summed E-state index contributed by atoms with van der Waals surface area (Å²) in [4.78, 5) is 16.6. The molecule has 3 heterocycles. The number of nitrogens with zero attached hydrogens (tertiary/aromatic N) is 4. The number of amides is 1. The van der Waals surface area contributed by atoms with Gasteiger partial charge in [0.1, 0.15) is 11.8 Å². The maximum atomic E-state index is 12.4. The average Bonchev–Trinajstić information content (AvgIpc) is 3.25. The fourth-order valence-electron chi connectivity index (χ4n) is 3.33. The van der Waals surface area contributed by atoms with E-state index >= 15 is 0 Å². The molecule has 0 aliphatic carbocycles. The second-order valence-electron chi connectivity index (χ2n) is 7.78. The summed E-state index contributed by atoms with van der Waals surface area (Å²) in [6.07, 6.45) is 3.56. The number of nitrogens with one attached hydrogen (secondary N) is 1. The highest BCUT2D eigenvalue weighted by Crippen LogP contribution is 2.38. The van der Waals surface area contributed by atoms with E-state index in [4.69, 9.17) is 10.00 Å². The lowest BCUT2D eigenvalue weighted by Crippen LogP contribution is -2.18. The average molecular weight is 387 g/mol. The molecule has 1 N–H and O–H groups in total. The fourth-order valence-corrected chi connectivity index (χ4v) is 3.33. The Morgan fingerprint density at radius 2 is 2.17 bits per heavy atom. The summed E-state index contributed by atoms with van der Waals surface area (Å²) in [5.74, 6) is 1.21. The van der Waals surface area contributed by atoms with E-state index in [1.807, 2.05) is 24.3 Å². The van der Waals surface area contributed by atoms with Gasteiger partial charge in [0, 0.05) is 29.4 Å². The molecule has 0 bridgehead atoms. The molecule has 1 aromatic carbocycles. The van der Waals surface area contributed by atoms with E-state index in [1.54, 1.807) is 29.1 Å². The number of pyridine rings is 1. The molecular weight excluding hydrogens is 366 g/mol. The summed E-state index contributed by atoms with van der Waals surface area (Å²) in [5, 5.41) is 16.0. The molecule has 0 fully saturated rings. The zero-order valence-corrected chi connectivity index (χ0v) is 16.3. The van der Waals surface area contributed by atoms with Gasteiger partial charge in [0.15, 0.2) is 5.82 Å². The van der Waals surface area contributed by atoms with Gasteiger partial charge < -0.3 is 10.1 Å². The number of hydrogen-bond acceptors (Lipinski definition) is 5. The number of benzene rings is 1. The van der Waals surface area contributed by atoms with Crippen molar-refractivity contribution >= 4 is 11.7 Å². The first-order valence-electron chi connectivity index (χ1n) is 9.37. The van der Waals surface area contributed by atoms with Crippen molar-refractivity contribution in [3.63, 3.8) is 0 Å². The van der Waals surface area contributed by atoms with Crippen molar-refractivity contribution in [2.24, 2.45) is 0 Å². The Kier molecular flexibility index (Phi) is 4.77. The lowest BCUT2D eigenvalue weighted by molar-refractivity contribution is -0.115. The first-order valence-corrected chi connectivity index (χ1v) is 9.37. The Morgan fingerprint density at radius 1 is 1.31 bits per heavy atom. The van der Waals surface area contributed by atoms with Gasteiger partial charge in [-0.15, -0.1) is 0 Å². The van der Waals surface area contributed by atoms with Crippen LogP contribution in [-0.2, 0) is 23.2 Å². The molecule has 0 radical (unpaired) electrons. The SMILES string of the molecule is CC1(C)COc2cc(CC(=O)Nc3ccn(Cc4ccc(C#N)cn4)n3)ccc21. The lowest BCUT2D eigenvalue weighted by Gasteiger charge is -2.14. The molecule has 1 aliphatic heterocycles. The minimum absolute atomic E-state index is 0.00669. The summed E-state index contributed by atoms with van der Waals surface area (Å²) in [6, 6.07) is 13.3. The number of nitriles is 1. The molecule has 4 rings (SSSR count). The Hall–Kier alpha value is -3.66. The number of anilines is 1. The summed E-state index contributed by atoms with van der Waals surface area (Å²) in [5.41, 5.74) is 3.39. The van der Waals surface area contributed by atoms with Crippen molar-refractivity contribution in [2.45, 2.75) is 32.2 Å². The quantitative estimate of drug-likeness (QED) is 0.726. The first kappa shape index (κ1) is 18.7. The van der Waals surface area contributed by atoms with E-state index in [9.17, 15) is 4.79 Å². The van der Waals surface area contributed by atoms with E-state index in [2.05, 4.69) is 29.2 Å². The maximum absolute atomic E-state index is 12.4. The zero-order valence-electron chi connectivity index (χ0n) is 16.3. The van der Waals surface area contributed by atoms with Crippen LogP contribution < -0.4 is 10.1 Å². The maximum Gasteiger partial charge on any atom is 0.229 e. The molecule has 146 valence electrons. The van der Waals surface area contributed by atoms with Crippen molar-refractivity contribution < 1.29 is 9.53 Å². The highest BCUT2D eigenvalue weighted by Gasteiger charge is 2.31. The fraction of sp³-hybridized carbons (Fsp3) is 0.273. The van der Waals surface area contributed by atoms with Gasteiger partial charge in [-0.05, 0) is 23.8 Å². The van der Waals surface area contributed by atoms with Crippen molar-refractivity contribution in [1.82, 2.24) is 14.8 Å². The third-order valence-corrected chi connectivity index (χ3v) is 4.91. The Balaban J connectivity index is 1.36. The molecule has 7 heteroatoms. The van der Waals surface area contributed by atoms with Crippen LogP contribution in [0.15, 0.2) is 48.8 Å². The number of aromatic nitrogens is 3. The van der Waals surface area contributed by atoms with Gasteiger partial charge >= 0.3 is 0 Å². The van der Waals surface area contributed by atoms with Crippen molar-refractivity contribution in [3.8, 4) is 11.8 Å². The molecule has 1 amide bonds. The Bertz CT molecular complexity index is 1090. The second-order valence-corrected chi connectivity index (χ2v) is 7.78. The molecule has 3 aromatic rings. The number of ether oxygens (including phenoxy) is 1. The van der Waals surface area contributed by atoms with Crippen molar-refractivity contribution in [2.75, 3.05) is 11.9 Å². The van der Waals surface area contributed by atoms with Crippen LogP contribution in [0.4, 0.5) is 5.82 Å². The smallest absolute Gasteiger partial charge is 0.229 e. The molecule has 0 spiro atoms. The van der Waals surface area contributed by atoms with Crippen LogP contribution in [0.1, 0.15) is 36.2 Å². The van der Waals surface area contributed by atoms with Crippen molar-refractivity contribution in [3.05, 3.63) is 71.2 Å². The van der Waals surface area contributed by atoms with Gasteiger partial charge in [-0.25, -0.2) is 0 Å². The topological polar surface area (TPSA) is 92.8 Å². The molecule has 1 aliphatic rings. The molecule has 0 atom stereocenters. The molecule has 2 aromatic heterocycles. The lowest BCUT2D eigenvalue weighted by atomic mass is 9.86. The predicted octanol–water partition coefficient (Wildman–Crippen LogP) is 3.05. The van der Waals surface area contributed by atoms with E-state index in [-0.39, 0.29) is 17.7 Å². The molecule has 0 unspecified atom stereocenters. The zero-order chi connectivity index (χ0) is 20.4. The predicted molar refractivity (Wildman–Crippen MR) is 108 cm³/mol. The number of fused-ring (bicyclic) bond motifs is 1. The van der Waals surface area contributed by atoms with Gasteiger partial charge in [0.25, 0.3) is 0 Å². The van der Waals surface area contributed by atoms with E-state index in [0.717, 1.165) is 17.0 Å². The van der Waals surface area contributed by atoms with E-state index < -0.39 is 0 Å². The first-order chi connectivity index (χ1) is 13.9. The second kappa shape index (κ2) is 7.40. The highest BCUT2D eigenvalue weighted by molar-refractivity contribution is 5.91. The third-order valence-electron chi connectivity index (χ3n) is 4.91. The standard InChI is InChI=1S/C22H21N5O2/c1-22(2)14-29-19-9-15(4-6-18(19)22)10-21(28)25-20-7-8-27(26-20)13-17-5-3-16(11-23)12-24-17/h3-9,12H,10,13-14H2,1-2H3,(H,25,26,28). The summed E-state index contributed by atoms with van der Waals surface area (Å²) in [7, 11) is 0. The summed E-state index contributed by atoms with van der Waals surface area (Å²) >= 11 is 0. The van der Waals surface area contributed by atoms with Crippen LogP contribution in [0, 0.1) is 11.3 Å². The van der Waals surface area contributed by atoms with Gasteiger partial charge in [-0.1, -0.05) is 26.0 Å². The summed E-state index contributed by atoms with van der Waals surface area (Å²) in [6.45, 7) is 5.41. The normalized spacial score (nSPS) is 14.0. The van der Waals surface area contributed by atoms with Gasteiger partial charge in [-0.3, -0.25) is 14.5 Å². The van der Waals surface area contributed by atoms with Crippen LogP contribution in [0.25, 0.3) is 0 Å². The minimum atomic E-state index is -0.135. The number of carbonyl (C=O) groups is 1. The number of rotatable bonds is 5. The van der Waals surface area contributed by atoms with Crippen LogP contribution in [0.2, 0.25) is 0 Å². The monoisotopic (exact) mass is 387 g/mol. The van der Waals surface area contributed by atoms with Crippen LogP contribution in [0.5, 0.6) is 5.75 Å². The number of carbonyl (C=O) groups excluding carboxylic acids is 1. The minimum Gasteiger partial charge on any atom is -0.492 e. The van der Waals surface area contributed by atoms with Gasteiger partial charge in [0.2, 0.25) is 5.91 Å². The summed E-state index contributed by atoms with van der Waals surface area (Å²) < 4.78 is 7.45. The van der Waals surface area contributed by atoms with E-state index in [1.165, 1.54) is 11.8 Å². The molecular formula is C22H21N5O2. The number of hydrogen-bond donors (Lipinski definition) is 1. The van der Waals surface area contributed by atoms with Crippen LogP contribution >= 0.6 is 0 Å². The molecule has 29 heavy (non-hydrogen) atoms. The largest absolute Gasteiger partial charge is 0.492 e. The highest BCUT2D eigenvalue weighted by atomic mass is 16.5. The van der Waals surface area contributed by atoms with E-state index in [0.29, 0.717) is 24.5 Å².